The van der Waals surface area contributed by atoms with Crippen molar-refractivity contribution in [3.8, 4) is 0 Å². The summed E-state index contributed by atoms with van der Waals surface area (Å²) in [6.45, 7) is 3.52. The lowest BCUT2D eigenvalue weighted by Gasteiger charge is -2.38. The van der Waals surface area contributed by atoms with Gasteiger partial charge in [-0.3, -0.25) is 9.78 Å². The van der Waals surface area contributed by atoms with Crippen molar-refractivity contribution >= 4 is 17.4 Å². The standard InChI is InChI=1S/C18H22N4O2/c1-18(24-2)6-10-22(11-7-18)17(23)14-4-3-5-15(12-14)21-16-13-19-8-9-20-16/h3-5,8-9,12-13H,6-7,10-11H2,1-2H3,(H,20,21). The highest BCUT2D eigenvalue weighted by Gasteiger charge is 2.31. The zero-order chi connectivity index (χ0) is 17.0. The van der Waals surface area contributed by atoms with Crippen LogP contribution in [0.2, 0.25) is 0 Å². The Bertz CT molecular complexity index is 697. The predicted molar refractivity (Wildman–Crippen MR) is 92.3 cm³/mol. The van der Waals surface area contributed by atoms with Crippen molar-refractivity contribution in [2.24, 2.45) is 0 Å². The highest BCUT2D eigenvalue weighted by Crippen LogP contribution is 2.26. The van der Waals surface area contributed by atoms with Crippen molar-refractivity contribution < 1.29 is 9.53 Å². The van der Waals surface area contributed by atoms with Crippen molar-refractivity contribution in [2.45, 2.75) is 25.4 Å². The molecule has 1 aliphatic heterocycles. The van der Waals surface area contributed by atoms with E-state index in [0.717, 1.165) is 18.5 Å². The van der Waals surface area contributed by atoms with Gasteiger partial charge in [0.05, 0.1) is 11.8 Å². The fraction of sp³-hybridized carbons (Fsp3) is 0.389. The maximum Gasteiger partial charge on any atom is 0.253 e. The molecule has 1 aromatic heterocycles. The Labute approximate surface area is 141 Å². The first-order valence-electron chi connectivity index (χ1n) is 8.07. The Hall–Kier alpha value is -2.47. The molecule has 0 saturated carbocycles. The van der Waals surface area contributed by atoms with Crippen LogP contribution in [0, 0.1) is 0 Å². The van der Waals surface area contributed by atoms with Gasteiger partial charge in [-0.1, -0.05) is 6.07 Å². The van der Waals surface area contributed by atoms with Gasteiger partial charge in [-0.15, -0.1) is 0 Å². The summed E-state index contributed by atoms with van der Waals surface area (Å²) in [5.74, 6) is 0.701. The van der Waals surface area contributed by atoms with Crippen LogP contribution >= 0.6 is 0 Å². The second kappa shape index (κ2) is 6.97. The Balaban J connectivity index is 1.69. The Kier molecular flexibility index (Phi) is 4.76. The number of benzene rings is 1. The smallest absolute Gasteiger partial charge is 0.253 e. The van der Waals surface area contributed by atoms with E-state index in [1.54, 1.807) is 25.7 Å². The van der Waals surface area contributed by atoms with Crippen molar-refractivity contribution in [1.82, 2.24) is 14.9 Å². The number of hydrogen-bond acceptors (Lipinski definition) is 5. The molecule has 2 aromatic rings. The van der Waals surface area contributed by atoms with E-state index >= 15 is 0 Å². The third-order valence-electron chi connectivity index (χ3n) is 4.55. The lowest BCUT2D eigenvalue weighted by Crippen LogP contribution is -2.46. The maximum atomic E-state index is 12.7. The van der Waals surface area contributed by atoms with Crippen molar-refractivity contribution in [3.05, 3.63) is 48.4 Å². The van der Waals surface area contributed by atoms with E-state index in [0.29, 0.717) is 24.5 Å². The molecule has 2 heterocycles. The lowest BCUT2D eigenvalue weighted by molar-refractivity contribution is -0.0379. The number of hydrogen-bond donors (Lipinski definition) is 1. The average molecular weight is 326 g/mol. The Morgan fingerprint density at radius 1 is 1.29 bits per heavy atom. The van der Waals surface area contributed by atoms with Crippen LogP contribution in [0.3, 0.4) is 0 Å². The molecular weight excluding hydrogens is 304 g/mol. The summed E-state index contributed by atoms with van der Waals surface area (Å²) in [6.07, 6.45) is 6.59. The molecule has 1 N–H and O–H groups in total. The summed E-state index contributed by atoms with van der Waals surface area (Å²) >= 11 is 0. The van der Waals surface area contributed by atoms with Gasteiger partial charge in [0.1, 0.15) is 5.82 Å². The molecule has 0 atom stereocenters. The fourth-order valence-electron chi connectivity index (χ4n) is 2.81. The van der Waals surface area contributed by atoms with Gasteiger partial charge in [0.2, 0.25) is 0 Å². The molecule has 0 spiro atoms. The molecule has 1 amide bonds. The van der Waals surface area contributed by atoms with Crippen LogP contribution in [0.5, 0.6) is 0 Å². The number of amides is 1. The normalized spacial score (nSPS) is 16.7. The molecule has 1 fully saturated rings. The van der Waals surface area contributed by atoms with Crippen LogP contribution in [0.1, 0.15) is 30.1 Å². The third-order valence-corrected chi connectivity index (χ3v) is 4.55. The summed E-state index contributed by atoms with van der Waals surface area (Å²) in [7, 11) is 1.74. The summed E-state index contributed by atoms with van der Waals surface area (Å²) in [5.41, 5.74) is 1.37. The van der Waals surface area contributed by atoms with Gasteiger partial charge in [0, 0.05) is 43.8 Å². The summed E-state index contributed by atoms with van der Waals surface area (Å²) in [6, 6.07) is 7.47. The SMILES string of the molecule is COC1(C)CCN(C(=O)c2cccc(Nc3cnccn3)c2)CC1. The number of nitrogens with one attached hydrogen (secondary N) is 1. The molecule has 0 aliphatic carbocycles. The topological polar surface area (TPSA) is 67.3 Å². The minimum atomic E-state index is -0.119. The maximum absolute atomic E-state index is 12.7. The number of piperidine rings is 1. The number of ether oxygens (including phenoxy) is 1. The molecule has 126 valence electrons. The van der Waals surface area contributed by atoms with Gasteiger partial charge < -0.3 is 15.0 Å². The first-order chi connectivity index (χ1) is 11.6. The van der Waals surface area contributed by atoms with E-state index in [-0.39, 0.29) is 11.5 Å². The van der Waals surface area contributed by atoms with Crippen LogP contribution in [0.4, 0.5) is 11.5 Å². The second-order valence-corrected chi connectivity index (χ2v) is 6.24. The Morgan fingerprint density at radius 2 is 2.08 bits per heavy atom. The van der Waals surface area contributed by atoms with Crippen LogP contribution < -0.4 is 5.32 Å². The van der Waals surface area contributed by atoms with E-state index in [1.165, 1.54) is 0 Å². The Morgan fingerprint density at radius 3 is 2.75 bits per heavy atom. The largest absolute Gasteiger partial charge is 0.378 e. The zero-order valence-electron chi connectivity index (χ0n) is 14.0. The van der Waals surface area contributed by atoms with Gasteiger partial charge in [-0.2, -0.15) is 0 Å². The van der Waals surface area contributed by atoms with E-state index < -0.39 is 0 Å². The molecule has 6 nitrogen and oxygen atoms in total. The summed E-state index contributed by atoms with van der Waals surface area (Å²) in [4.78, 5) is 22.8. The quantitative estimate of drug-likeness (QED) is 0.936. The summed E-state index contributed by atoms with van der Waals surface area (Å²) < 4.78 is 5.54. The third kappa shape index (κ3) is 3.71. The molecule has 0 bridgehead atoms. The van der Waals surface area contributed by atoms with Crippen molar-refractivity contribution in [1.29, 1.82) is 0 Å². The molecule has 1 aromatic carbocycles. The molecule has 1 aliphatic rings. The summed E-state index contributed by atoms with van der Waals surface area (Å²) in [5, 5.41) is 3.16. The van der Waals surface area contributed by atoms with Gasteiger partial charge in [0.15, 0.2) is 0 Å². The fourth-order valence-corrected chi connectivity index (χ4v) is 2.81. The van der Waals surface area contributed by atoms with E-state index in [9.17, 15) is 4.79 Å². The van der Waals surface area contributed by atoms with Gasteiger partial charge in [-0.25, -0.2) is 4.98 Å². The van der Waals surface area contributed by atoms with E-state index in [2.05, 4.69) is 22.2 Å². The molecule has 1 saturated heterocycles. The predicted octanol–water partition coefficient (Wildman–Crippen LogP) is 2.86. The number of rotatable bonds is 4. The molecule has 24 heavy (non-hydrogen) atoms. The van der Waals surface area contributed by atoms with Crippen LogP contribution in [-0.4, -0.2) is 46.6 Å². The van der Waals surface area contributed by atoms with Crippen molar-refractivity contribution in [2.75, 3.05) is 25.5 Å². The van der Waals surface area contributed by atoms with Gasteiger partial charge in [-0.05, 0) is 38.0 Å². The molecule has 3 rings (SSSR count). The highest BCUT2D eigenvalue weighted by molar-refractivity contribution is 5.95. The number of carbonyl (C=O) groups is 1. The second-order valence-electron chi connectivity index (χ2n) is 6.24. The van der Waals surface area contributed by atoms with E-state index in [4.69, 9.17) is 4.74 Å². The average Bonchev–Trinajstić information content (AvgIpc) is 2.63. The first-order valence-corrected chi connectivity index (χ1v) is 8.07. The lowest BCUT2D eigenvalue weighted by atomic mass is 9.93. The molecule has 0 unspecified atom stereocenters. The molecule has 0 radical (unpaired) electrons. The van der Waals surface area contributed by atoms with Crippen LogP contribution in [-0.2, 0) is 4.74 Å². The minimum Gasteiger partial charge on any atom is -0.378 e. The zero-order valence-corrected chi connectivity index (χ0v) is 14.0. The monoisotopic (exact) mass is 326 g/mol. The highest BCUT2D eigenvalue weighted by atomic mass is 16.5. The van der Waals surface area contributed by atoms with Gasteiger partial charge in [0.25, 0.3) is 5.91 Å². The van der Waals surface area contributed by atoms with Crippen molar-refractivity contribution in [3.63, 3.8) is 0 Å². The molecule has 6 heteroatoms. The number of methoxy groups -OCH3 is 1. The van der Waals surface area contributed by atoms with Crippen LogP contribution in [0.15, 0.2) is 42.9 Å². The first kappa shape index (κ1) is 16.4. The number of likely N-dealkylation sites (tertiary alicyclic amines) is 1. The van der Waals surface area contributed by atoms with Crippen LogP contribution in [0.25, 0.3) is 0 Å². The van der Waals surface area contributed by atoms with Gasteiger partial charge >= 0.3 is 0 Å². The number of nitrogens with zero attached hydrogens (tertiary/aromatic N) is 3. The number of anilines is 2. The number of aromatic nitrogens is 2. The minimum absolute atomic E-state index is 0.0518. The molecular formula is C18H22N4O2. The number of carbonyl (C=O) groups excluding carboxylic acids is 1. The van der Waals surface area contributed by atoms with E-state index in [1.807, 2.05) is 29.2 Å².